The molecule has 4 rings (SSSR count). The van der Waals surface area contributed by atoms with Crippen LogP contribution in [0.4, 0.5) is 0 Å². The summed E-state index contributed by atoms with van der Waals surface area (Å²) >= 11 is 12.3. The highest BCUT2D eigenvalue weighted by molar-refractivity contribution is 6.36. The fourth-order valence-corrected chi connectivity index (χ4v) is 5.02. The normalized spacial score (nSPS) is 20.6. The van der Waals surface area contributed by atoms with Gasteiger partial charge < -0.3 is 0 Å². The van der Waals surface area contributed by atoms with E-state index in [1.54, 1.807) is 24.3 Å². The first kappa shape index (κ1) is 24.2. The minimum absolute atomic E-state index is 0.0411. The lowest BCUT2D eigenvalue weighted by atomic mass is 9.82. The van der Waals surface area contributed by atoms with Crippen molar-refractivity contribution >= 4 is 46.7 Å². The van der Waals surface area contributed by atoms with E-state index < -0.39 is 41.4 Å². The number of allylic oxidation sites excluding steroid dienone is 2. The van der Waals surface area contributed by atoms with E-state index in [0.717, 1.165) is 21.2 Å². The fourth-order valence-electron chi connectivity index (χ4n) is 4.53. The number of aryl methyl sites for hydroxylation is 1. The molecule has 1 heterocycles. The molecule has 34 heavy (non-hydrogen) atoms. The van der Waals surface area contributed by atoms with Gasteiger partial charge in [-0.15, -0.1) is 0 Å². The van der Waals surface area contributed by atoms with E-state index in [1.165, 1.54) is 25.1 Å². The summed E-state index contributed by atoms with van der Waals surface area (Å²) < 4.78 is 0. The Hall–Kier alpha value is -2.96. The number of hydrogen-bond acceptors (Lipinski definition) is 4. The molecule has 2 aromatic carbocycles. The Balaban J connectivity index is 1.77. The van der Waals surface area contributed by atoms with Crippen molar-refractivity contribution in [2.75, 3.05) is 0 Å². The number of nitrogens with zero attached hydrogens (tertiary/aromatic N) is 2. The van der Waals surface area contributed by atoms with Gasteiger partial charge in [-0.05, 0) is 51.8 Å². The molecule has 1 aliphatic heterocycles. The predicted octanol–water partition coefficient (Wildman–Crippen LogP) is 5.27. The van der Waals surface area contributed by atoms with Crippen molar-refractivity contribution in [3.63, 3.8) is 0 Å². The van der Waals surface area contributed by atoms with Gasteiger partial charge in [0.2, 0.25) is 0 Å². The molecule has 2 aliphatic rings. The van der Waals surface area contributed by atoms with Gasteiger partial charge in [0.1, 0.15) is 6.04 Å². The van der Waals surface area contributed by atoms with Crippen molar-refractivity contribution in [2.24, 2.45) is 11.8 Å². The average molecular weight is 499 g/mol. The molecular formula is C26H24Cl2N2O4. The van der Waals surface area contributed by atoms with E-state index in [-0.39, 0.29) is 10.6 Å². The average Bonchev–Trinajstić information content (AvgIpc) is 3.03. The van der Waals surface area contributed by atoms with Crippen LogP contribution < -0.4 is 0 Å². The summed E-state index contributed by atoms with van der Waals surface area (Å²) in [6.07, 6.45) is 2.80. The van der Waals surface area contributed by atoms with Gasteiger partial charge in [-0.1, -0.05) is 64.7 Å². The van der Waals surface area contributed by atoms with Gasteiger partial charge in [0.15, 0.2) is 5.78 Å². The summed E-state index contributed by atoms with van der Waals surface area (Å²) in [6, 6.07) is 10.1. The van der Waals surface area contributed by atoms with Gasteiger partial charge >= 0.3 is 0 Å². The molecule has 8 heteroatoms. The highest BCUT2D eigenvalue weighted by atomic mass is 35.5. The van der Waals surface area contributed by atoms with Gasteiger partial charge in [-0.3, -0.25) is 19.2 Å². The van der Waals surface area contributed by atoms with Crippen LogP contribution in [-0.2, 0) is 9.59 Å². The second-order valence-corrected chi connectivity index (χ2v) is 9.72. The summed E-state index contributed by atoms with van der Waals surface area (Å²) in [5.74, 6) is -3.21. The highest BCUT2D eigenvalue weighted by Gasteiger charge is 2.53. The Bertz CT molecular complexity index is 1220. The maximum atomic E-state index is 13.7. The number of ketones is 1. The quantitative estimate of drug-likeness (QED) is 0.319. The van der Waals surface area contributed by atoms with Crippen LogP contribution in [0.15, 0.2) is 54.1 Å². The van der Waals surface area contributed by atoms with Crippen molar-refractivity contribution < 1.29 is 19.2 Å². The topological polar surface area (TPSA) is 74.8 Å². The minimum atomic E-state index is -1.14. The molecular weight excluding hydrogens is 475 g/mol. The lowest BCUT2D eigenvalue weighted by Gasteiger charge is -2.35. The second-order valence-electron chi connectivity index (χ2n) is 8.87. The second kappa shape index (κ2) is 9.35. The van der Waals surface area contributed by atoms with Crippen LogP contribution >= 0.6 is 23.2 Å². The lowest BCUT2D eigenvalue weighted by molar-refractivity contribution is -0.156. The molecule has 0 saturated carbocycles. The number of hydrazine groups is 1. The van der Waals surface area contributed by atoms with Crippen molar-refractivity contribution in [3.05, 3.63) is 80.8 Å². The molecule has 3 amide bonds. The molecule has 1 aliphatic carbocycles. The molecule has 2 aromatic rings. The summed E-state index contributed by atoms with van der Waals surface area (Å²) in [5.41, 5.74) is 2.40. The Morgan fingerprint density at radius 1 is 1.00 bits per heavy atom. The molecule has 0 N–H and O–H groups in total. The largest absolute Gasteiger partial charge is 0.292 e. The van der Waals surface area contributed by atoms with E-state index in [2.05, 4.69) is 0 Å². The minimum Gasteiger partial charge on any atom is -0.292 e. The number of carbonyl (C=O) groups is 4. The zero-order valence-electron chi connectivity index (χ0n) is 19.0. The van der Waals surface area contributed by atoms with Crippen LogP contribution in [0.25, 0.3) is 0 Å². The Morgan fingerprint density at radius 2 is 1.65 bits per heavy atom. The first-order chi connectivity index (χ1) is 16.1. The first-order valence-electron chi connectivity index (χ1n) is 11.0. The third kappa shape index (κ3) is 4.28. The van der Waals surface area contributed by atoms with Gasteiger partial charge in [0.25, 0.3) is 17.7 Å². The van der Waals surface area contributed by atoms with Gasteiger partial charge in [-0.25, -0.2) is 5.01 Å². The number of Topliss-reactive ketones (excluding diaryl/α,β-unsaturated/α-hetero) is 1. The number of hydrogen-bond donors (Lipinski definition) is 0. The van der Waals surface area contributed by atoms with Crippen molar-refractivity contribution in [1.29, 1.82) is 0 Å². The number of benzene rings is 2. The number of carbonyl (C=O) groups excluding carboxylic acids is 4. The zero-order chi connectivity index (χ0) is 24.7. The predicted molar refractivity (Wildman–Crippen MR) is 129 cm³/mol. The maximum Gasteiger partial charge on any atom is 0.275 e. The number of amides is 3. The number of halogens is 2. The van der Waals surface area contributed by atoms with Gasteiger partial charge in [0, 0.05) is 10.6 Å². The number of imide groups is 1. The van der Waals surface area contributed by atoms with Crippen LogP contribution in [-0.4, -0.2) is 39.6 Å². The van der Waals surface area contributed by atoms with Crippen molar-refractivity contribution in [1.82, 2.24) is 10.0 Å². The Morgan fingerprint density at radius 3 is 2.29 bits per heavy atom. The molecule has 1 saturated heterocycles. The molecule has 3 atom stereocenters. The monoisotopic (exact) mass is 498 g/mol. The summed E-state index contributed by atoms with van der Waals surface area (Å²) in [7, 11) is 0. The summed E-state index contributed by atoms with van der Waals surface area (Å²) in [5, 5.41) is 2.23. The molecule has 0 radical (unpaired) electrons. The molecule has 0 spiro atoms. The van der Waals surface area contributed by atoms with E-state index >= 15 is 0 Å². The Labute approximate surface area is 208 Å². The molecule has 0 unspecified atom stereocenters. The van der Waals surface area contributed by atoms with E-state index in [1.807, 2.05) is 19.9 Å². The third-order valence-electron chi connectivity index (χ3n) is 6.47. The summed E-state index contributed by atoms with van der Waals surface area (Å²) in [6.45, 7) is 5.32. The standard InChI is InChI=1S/C26H24Cl2N2O4/c1-14-4-7-17(8-5-14)23(31)16(3)29(25(33)20-11-9-18(27)13-22(20)28)30-24(32)19-10-6-15(2)12-21(19)26(30)34/h4-9,11,13,16,19,21H,10,12H2,1-3H3/t16-,19+,21-/m1/s1. The van der Waals surface area contributed by atoms with Crippen molar-refractivity contribution in [2.45, 2.75) is 39.7 Å². The van der Waals surface area contributed by atoms with E-state index in [4.69, 9.17) is 23.2 Å². The molecule has 6 nitrogen and oxygen atoms in total. The molecule has 176 valence electrons. The van der Waals surface area contributed by atoms with Crippen molar-refractivity contribution in [3.8, 4) is 0 Å². The Kier molecular flexibility index (Phi) is 6.65. The van der Waals surface area contributed by atoms with E-state index in [9.17, 15) is 19.2 Å². The van der Waals surface area contributed by atoms with Crippen LogP contribution in [0.2, 0.25) is 10.0 Å². The smallest absolute Gasteiger partial charge is 0.275 e. The van der Waals surface area contributed by atoms with Crippen LogP contribution in [0, 0.1) is 18.8 Å². The number of fused-ring (bicyclic) bond motifs is 1. The SMILES string of the molecule is CC1=CC[C@@H]2C(=O)N(N(C(=O)c3ccc(Cl)cc3Cl)[C@H](C)C(=O)c3ccc(C)cc3)C(=O)[C@@H]2C1. The summed E-state index contributed by atoms with van der Waals surface area (Å²) in [4.78, 5) is 54.0. The first-order valence-corrected chi connectivity index (χ1v) is 11.8. The molecule has 1 fully saturated rings. The van der Waals surface area contributed by atoms with Gasteiger partial charge in [-0.2, -0.15) is 5.01 Å². The molecule has 0 aromatic heterocycles. The van der Waals surface area contributed by atoms with Crippen LogP contribution in [0.1, 0.15) is 53.0 Å². The highest BCUT2D eigenvalue weighted by Crippen LogP contribution is 2.39. The van der Waals surface area contributed by atoms with Crippen LogP contribution in [0.3, 0.4) is 0 Å². The van der Waals surface area contributed by atoms with Crippen LogP contribution in [0.5, 0.6) is 0 Å². The maximum absolute atomic E-state index is 13.7. The lowest BCUT2D eigenvalue weighted by Crippen LogP contribution is -2.56. The third-order valence-corrected chi connectivity index (χ3v) is 7.02. The fraction of sp³-hybridized carbons (Fsp3) is 0.308. The van der Waals surface area contributed by atoms with Gasteiger partial charge in [0.05, 0.1) is 22.4 Å². The molecule has 0 bridgehead atoms. The zero-order valence-corrected chi connectivity index (χ0v) is 20.6. The van der Waals surface area contributed by atoms with E-state index in [0.29, 0.717) is 23.4 Å². The number of rotatable bonds is 5.